The summed E-state index contributed by atoms with van der Waals surface area (Å²) in [6.07, 6.45) is 4.60. The van der Waals surface area contributed by atoms with Gasteiger partial charge in [0.15, 0.2) is 11.5 Å². The van der Waals surface area contributed by atoms with E-state index in [9.17, 15) is 9.59 Å². The van der Waals surface area contributed by atoms with E-state index in [2.05, 4.69) is 12.1 Å². The lowest BCUT2D eigenvalue weighted by atomic mass is 9.98. The Bertz CT molecular complexity index is 681. The van der Waals surface area contributed by atoms with Crippen LogP contribution in [0.5, 0.6) is 0 Å². The molecule has 0 saturated carbocycles. The third-order valence-electron chi connectivity index (χ3n) is 4.75. The molecule has 3 rings (SSSR count). The van der Waals surface area contributed by atoms with Crippen molar-refractivity contribution in [3.63, 3.8) is 0 Å². The number of hydrogen-bond donors (Lipinski definition) is 0. The first kappa shape index (κ1) is 18.6. The van der Waals surface area contributed by atoms with Crippen molar-refractivity contribution in [1.29, 1.82) is 0 Å². The molecule has 1 amide bonds. The predicted octanol–water partition coefficient (Wildman–Crippen LogP) is 2.89. The van der Waals surface area contributed by atoms with Gasteiger partial charge in [-0.1, -0.05) is 30.3 Å². The molecule has 0 aliphatic carbocycles. The Kier molecular flexibility index (Phi) is 5.77. The first-order valence-electron chi connectivity index (χ1n) is 9.31. The predicted molar refractivity (Wildman–Crippen MR) is 98.6 cm³/mol. The van der Waals surface area contributed by atoms with Gasteiger partial charge in [-0.2, -0.15) is 0 Å². The van der Waals surface area contributed by atoms with Crippen LogP contribution < -0.4 is 0 Å². The molecule has 1 saturated heterocycles. The molecule has 140 valence electrons. The van der Waals surface area contributed by atoms with E-state index >= 15 is 0 Å². The molecule has 5 heteroatoms. The van der Waals surface area contributed by atoms with Crippen molar-refractivity contribution in [1.82, 2.24) is 4.90 Å². The molecule has 1 aromatic rings. The van der Waals surface area contributed by atoms with Crippen LogP contribution in [0.25, 0.3) is 0 Å². The number of aryl methyl sites for hydroxylation is 1. The normalized spacial score (nSPS) is 22.5. The SMILES string of the molecule is CC1(C)CC(=O)C=C(C(=O)N2CCOC(CCCc3ccccc3)C2)O1. The van der Waals surface area contributed by atoms with E-state index in [1.807, 2.05) is 32.0 Å². The van der Waals surface area contributed by atoms with Crippen molar-refractivity contribution in [3.05, 3.63) is 47.7 Å². The fraction of sp³-hybridized carbons (Fsp3) is 0.524. The maximum atomic E-state index is 12.8. The molecule has 2 aliphatic rings. The van der Waals surface area contributed by atoms with Crippen LogP contribution in [0.3, 0.4) is 0 Å². The van der Waals surface area contributed by atoms with Crippen LogP contribution in [-0.4, -0.2) is 48.0 Å². The lowest BCUT2D eigenvalue weighted by molar-refractivity contribution is -0.144. The van der Waals surface area contributed by atoms with Gasteiger partial charge < -0.3 is 14.4 Å². The third kappa shape index (κ3) is 4.94. The van der Waals surface area contributed by atoms with Gasteiger partial charge in [0, 0.05) is 25.6 Å². The van der Waals surface area contributed by atoms with Crippen LogP contribution in [0, 0.1) is 0 Å². The second-order valence-electron chi connectivity index (χ2n) is 7.64. The summed E-state index contributed by atoms with van der Waals surface area (Å²) < 4.78 is 11.6. The van der Waals surface area contributed by atoms with Gasteiger partial charge in [0.25, 0.3) is 5.91 Å². The molecule has 0 radical (unpaired) electrons. The largest absolute Gasteiger partial charge is 0.481 e. The molecule has 26 heavy (non-hydrogen) atoms. The maximum Gasteiger partial charge on any atom is 0.289 e. The van der Waals surface area contributed by atoms with Gasteiger partial charge in [0.2, 0.25) is 0 Å². The van der Waals surface area contributed by atoms with Crippen LogP contribution in [0.4, 0.5) is 0 Å². The number of benzene rings is 1. The molecular weight excluding hydrogens is 330 g/mol. The van der Waals surface area contributed by atoms with Gasteiger partial charge in [0.1, 0.15) is 5.60 Å². The Morgan fingerprint density at radius 3 is 2.77 bits per heavy atom. The van der Waals surface area contributed by atoms with Gasteiger partial charge in [0.05, 0.1) is 12.7 Å². The summed E-state index contributed by atoms with van der Waals surface area (Å²) >= 11 is 0. The zero-order chi connectivity index (χ0) is 18.6. The summed E-state index contributed by atoms with van der Waals surface area (Å²) in [4.78, 5) is 26.4. The fourth-order valence-corrected chi connectivity index (χ4v) is 3.50. The number of morpholine rings is 1. The van der Waals surface area contributed by atoms with Gasteiger partial charge in [-0.25, -0.2) is 0 Å². The van der Waals surface area contributed by atoms with Crippen molar-refractivity contribution >= 4 is 11.7 Å². The summed E-state index contributed by atoms with van der Waals surface area (Å²) in [7, 11) is 0. The number of carbonyl (C=O) groups is 2. The van der Waals surface area contributed by atoms with E-state index in [0.29, 0.717) is 26.1 Å². The minimum Gasteiger partial charge on any atom is -0.481 e. The molecule has 0 bridgehead atoms. The molecule has 1 unspecified atom stereocenters. The smallest absolute Gasteiger partial charge is 0.289 e. The second-order valence-corrected chi connectivity index (χ2v) is 7.64. The van der Waals surface area contributed by atoms with Gasteiger partial charge in [-0.3, -0.25) is 9.59 Å². The highest BCUT2D eigenvalue weighted by atomic mass is 16.5. The van der Waals surface area contributed by atoms with Crippen molar-refractivity contribution in [2.24, 2.45) is 0 Å². The Labute approximate surface area is 155 Å². The highest BCUT2D eigenvalue weighted by molar-refractivity contribution is 6.01. The second kappa shape index (κ2) is 8.04. The molecule has 0 aromatic heterocycles. The van der Waals surface area contributed by atoms with Crippen LogP contribution >= 0.6 is 0 Å². The Morgan fingerprint density at radius 1 is 1.27 bits per heavy atom. The number of ketones is 1. The van der Waals surface area contributed by atoms with Gasteiger partial charge >= 0.3 is 0 Å². The average Bonchev–Trinajstić information content (AvgIpc) is 2.60. The van der Waals surface area contributed by atoms with Crippen molar-refractivity contribution in [3.8, 4) is 0 Å². The fourth-order valence-electron chi connectivity index (χ4n) is 3.50. The summed E-state index contributed by atoms with van der Waals surface area (Å²) in [5.74, 6) is -0.101. The number of nitrogens with zero attached hydrogens (tertiary/aromatic N) is 1. The minimum atomic E-state index is -0.627. The summed E-state index contributed by atoms with van der Waals surface area (Å²) in [6.45, 7) is 5.26. The van der Waals surface area contributed by atoms with E-state index in [-0.39, 0.29) is 23.6 Å². The van der Waals surface area contributed by atoms with Gasteiger partial charge in [-0.15, -0.1) is 0 Å². The zero-order valence-electron chi connectivity index (χ0n) is 15.6. The lowest BCUT2D eigenvalue weighted by Gasteiger charge is -2.36. The van der Waals surface area contributed by atoms with E-state index < -0.39 is 5.60 Å². The van der Waals surface area contributed by atoms with E-state index in [1.54, 1.807) is 4.90 Å². The molecule has 0 N–H and O–H groups in total. The molecule has 5 nitrogen and oxygen atoms in total. The van der Waals surface area contributed by atoms with Crippen molar-refractivity contribution in [2.45, 2.75) is 51.2 Å². The molecule has 2 heterocycles. The summed E-state index contributed by atoms with van der Waals surface area (Å²) in [6, 6.07) is 10.4. The highest BCUT2D eigenvalue weighted by Gasteiger charge is 2.35. The summed E-state index contributed by atoms with van der Waals surface area (Å²) in [5, 5.41) is 0. The number of allylic oxidation sites excluding steroid dienone is 1. The average molecular weight is 357 g/mol. The molecule has 2 aliphatic heterocycles. The summed E-state index contributed by atoms with van der Waals surface area (Å²) in [5.41, 5.74) is 0.691. The topological polar surface area (TPSA) is 55.8 Å². The number of carbonyl (C=O) groups excluding carboxylic acids is 2. The first-order chi connectivity index (χ1) is 12.4. The van der Waals surface area contributed by atoms with Crippen LogP contribution in [0.2, 0.25) is 0 Å². The van der Waals surface area contributed by atoms with Crippen LogP contribution in [0.1, 0.15) is 38.7 Å². The van der Waals surface area contributed by atoms with Crippen LogP contribution in [-0.2, 0) is 25.5 Å². The first-order valence-corrected chi connectivity index (χ1v) is 9.31. The van der Waals surface area contributed by atoms with Crippen molar-refractivity contribution < 1.29 is 19.1 Å². The monoisotopic (exact) mass is 357 g/mol. The highest BCUT2D eigenvalue weighted by Crippen LogP contribution is 2.26. The van der Waals surface area contributed by atoms with Gasteiger partial charge in [-0.05, 0) is 38.7 Å². The lowest BCUT2D eigenvalue weighted by Crippen LogP contribution is -2.47. The number of rotatable bonds is 5. The Hall–Kier alpha value is -2.14. The number of hydrogen-bond acceptors (Lipinski definition) is 4. The molecule has 1 atom stereocenters. The van der Waals surface area contributed by atoms with E-state index in [1.165, 1.54) is 11.6 Å². The molecule has 1 aromatic carbocycles. The number of amides is 1. The minimum absolute atomic E-state index is 0.0318. The maximum absolute atomic E-state index is 12.8. The van der Waals surface area contributed by atoms with Crippen molar-refractivity contribution in [2.75, 3.05) is 19.7 Å². The third-order valence-corrected chi connectivity index (χ3v) is 4.75. The quantitative estimate of drug-likeness (QED) is 0.813. The Balaban J connectivity index is 1.53. The standard InChI is InChI=1S/C21H27NO4/c1-21(2)14-17(23)13-19(26-21)20(24)22-11-12-25-18(15-22)10-6-9-16-7-4-3-5-8-16/h3-5,7-8,13,18H,6,9-12,14-15H2,1-2H3. The van der Waals surface area contributed by atoms with Crippen LogP contribution in [0.15, 0.2) is 42.2 Å². The molecule has 1 fully saturated rings. The van der Waals surface area contributed by atoms with E-state index in [4.69, 9.17) is 9.47 Å². The molecule has 0 spiro atoms. The van der Waals surface area contributed by atoms with E-state index in [0.717, 1.165) is 19.3 Å². The number of ether oxygens (including phenoxy) is 2. The molecular formula is C21H27NO4. The zero-order valence-corrected chi connectivity index (χ0v) is 15.6. The Morgan fingerprint density at radius 2 is 2.04 bits per heavy atom.